The van der Waals surface area contributed by atoms with E-state index >= 15 is 0 Å². The van der Waals surface area contributed by atoms with Crippen LogP contribution in [0.2, 0.25) is 0 Å². The first kappa shape index (κ1) is 24.2. The van der Waals surface area contributed by atoms with Crippen LogP contribution in [0.25, 0.3) is 0 Å². The van der Waals surface area contributed by atoms with Crippen LogP contribution in [0.15, 0.2) is 35.3 Å². The van der Waals surface area contributed by atoms with Gasteiger partial charge in [0, 0.05) is 39.9 Å². The quantitative estimate of drug-likeness (QED) is 0.236. The molecule has 6 heteroatoms. The van der Waals surface area contributed by atoms with E-state index in [4.69, 9.17) is 14.5 Å². The van der Waals surface area contributed by atoms with Gasteiger partial charge in [-0.1, -0.05) is 30.3 Å². The fraction of sp³-hybridized carbons (Fsp3) is 0.667. The van der Waals surface area contributed by atoms with Crippen LogP contribution in [-0.4, -0.2) is 64.0 Å². The number of benzene rings is 1. The number of likely N-dealkylation sites (tertiary alicyclic amines) is 1. The molecule has 0 aromatic heterocycles. The number of hydrogen-bond donors (Lipinski definition) is 1. The zero-order valence-electron chi connectivity index (χ0n) is 16.9. The van der Waals surface area contributed by atoms with Gasteiger partial charge in [-0.2, -0.15) is 0 Å². The average molecular weight is 489 g/mol. The fourth-order valence-electron chi connectivity index (χ4n) is 3.32. The lowest BCUT2D eigenvalue weighted by Crippen LogP contribution is -2.46. The predicted molar refractivity (Wildman–Crippen MR) is 123 cm³/mol. The van der Waals surface area contributed by atoms with Crippen LogP contribution >= 0.6 is 24.0 Å². The second-order valence-corrected chi connectivity index (χ2v) is 6.81. The largest absolute Gasteiger partial charge is 0.382 e. The van der Waals surface area contributed by atoms with E-state index in [1.54, 1.807) is 7.11 Å². The van der Waals surface area contributed by atoms with Crippen molar-refractivity contribution in [3.05, 3.63) is 35.9 Å². The van der Waals surface area contributed by atoms with Crippen LogP contribution in [0.1, 0.15) is 31.7 Å². The van der Waals surface area contributed by atoms with Gasteiger partial charge in [-0.15, -0.1) is 24.0 Å². The van der Waals surface area contributed by atoms with Gasteiger partial charge in [0.1, 0.15) is 0 Å². The molecule has 5 nitrogen and oxygen atoms in total. The molecule has 1 aliphatic rings. The lowest BCUT2D eigenvalue weighted by molar-refractivity contribution is 0.0702. The summed E-state index contributed by atoms with van der Waals surface area (Å²) in [5, 5.41) is 3.44. The van der Waals surface area contributed by atoms with Crippen molar-refractivity contribution in [3.63, 3.8) is 0 Å². The Morgan fingerprint density at radius 2 is 1.89 bits per heavy atom. The molecule has 0 aliphatic carbocycles. The summed E-state index contributed by atoms with van der Waals surface area (Å²) in [4.78, 5) is 7.20. The second kappa shape index (κ2) is 15.1. The molecule has 1 fully saturated rings. The molecule has 1 heterocycles. The Labute approximate surface area is 181 Å². The molecule has 0 unspecified atom stereocenters. The number of nitrogens with zero attached hydrogens (tertiary/aromatic N) is 2. The lowest BCUT2D eigenvalue weighted by Gasteiger charge is -2.34. The van der Waals surface area contributed by atoms with E-state index in [2.05, 4.69) is 47.5 Å². The number of guanidine groups is 1. The summed E-state index contributed by atoms with van der Waals surface area (Å²) in [6.45, 7) is 8.09. The van der Waals surface area contributed by atoms with Crippen molar-refractivity contribution in [2.45, 2.75) is 32.6 Å². The van der Waals surface area contributed by atoms with Gasteiger partial charge in [-0.3, -0.25) is 4.99 Å². The highest BCUT2D eigenvalue weighted by Gasteiger charge is 2.21. The van der Waals surface area contributed by atoms with E-state index in [-0.39, 0.29) is 24.0 Å². The molecule has 154 valence electrons. The number of nitrogens with one attached hydrogen (secondary N) is 1. The molecule has 1 N–H and O–H groups in total. The third kappa shape index (κ3) is 9.76. The zero-order valence-corrected chi connectivity index (χ0v) is 19.2. The molecular formula is C21H36IN3O2. The van der Waals surface area contributed by atoms with Gasteiger partial charge in [0.15, 0.2) is 5.96 Å². The average Bonchev–Trinajstić information content (AvgIpc) is 2.68. The van der Waals surface area contributed by atoms with Gasteiger partial charge in [-0.25, -0.2) is 0 Å². The maximum absolute atomic E-state index is 5.50. The minimum atomic E-state index is 0. The monoisotopic (exact) mass is 489 g/mol. The molecule has 0 atom stereocenters. The first-order chi connectivity index (χ1) is 12.8. The topological polar surface area (TPSA) is 46.1 Å². The van der Waals surface area contributed by atoms with E-state index in [0.29, 0.717) is 13.2 Å². The van der Waals surface area contributed by atoms with Crippen molar-refractivity contribution >= 4 is 29.9 Å². The van der Waals surface area contributed by atoms with Gasteiger partial charge >= 0.3 is 0 Å². The standard InChI is InChI=1S/C21H35N3O2.HI/c1-3-22-21(23-12-7-15-26-17-16-25-2)24-13-10-20(11-14-24)18-19-8-5-4-6-9-19;/h4-6,8-9,20H,3,7,10-18H2,1-2H3,(H,22,23);1H. The molecule has 0 amide bonds. The van der Waals surface area contributed by atoms with Crippen LogP contribution in [0.5, 0.6) is 0 Å². The summed E-state index contributed by atoms with van der Waals surface area (Å²) in [5.41, 5.74) is 1.46. The van der Waals surface area contributed by atoms with Crippen molar-refractivity contribution in [2.24, 2.45) is 10.9 Å². The van der Waals surface area contributed by atoms with Crippen LogP contribution in [0.3, 0.4) is 0 Å². The number of aliphatic imine (C=N–C) groups is 1. The molecule has 1 aliphatic heterocycles. The van der Waals surface area contributed by atoms with Crippen molar-refractivity contribution < 1.29 is 9.47 Å². The maximum Gasteiger partial charge on any atom is 0.193 e. The molecule has 1 aromatic rings. The van der Waals surface area contributed by atoms with E-state index in [1.165, 1.54) is 24.8 Å². The van der Waals surface area contributed by atoms with Crippen LogP contribution in [0, 0.1) is 5.92 Å². The highest BCUT2D eigenvalue weighted by atomic mass is 127. The van der Waals surface area contributed by atoms with Crippen LogP contribution < -0.4 is 5.32 Å². The number of halogens is 1. The number of piperidine rings is 1. The van der Waals surface area contributed by atoms with Gasteiger partial charge in [0.05, 0.1) is 13.2 Å². The minimum absolute atomic E-state index is 0. The number of hydrogen-bond acceptors (Lipinski definition) is 3. The molecule has 0 bridgehead atoms. The first-order valence-electron chi connectivity index (χ1n) is 9.97. The Hall–Kier alpha value is -0.860. The minimum Gasteiger partial charge on any atom is -0.382 e. The number of ether oxygens (including phenoxy) is 2. The summed E-state index contributed by atoms with van der Waals surface area (Å²) < 4.78 is 10.5. The first-order valence-corrected chi connectivity index (χ1v) is 9.97. The lowest BCUT2D eigenvalue weighted by atomic mass is 9.90. The van der Waals surface area contributed by atoms with E-state index < -0.39 is 0 Å². The zero-order chi connectivity index (χ0) is 18.5. The van der Waals surface area contributed by atoms with E-state index in [1.807, 2.05) is 0 Å². The summed E-state index contributed by atoms with van der Waals surface area (Å²) >= 11 is 0. The third-order valence-electron chi connectivity index (χ3n) is 4.76. The molecule has 1 saturated heterocycles. The SMILES string of the molecule is CCNC(=NCCCOCCOC)N1CCC(Cc2ccccc2)CC1.I. The van der Waals surface area contributed by atoms with Gasteiger partial charge in [0.25, 0.3) is 0 Å². The molecule has 2 rings (SSSR count). The second-order valence-electron chi connectivity index (χ2n) is 6.81. The smallest absolute Gasteiger partial charge is 0.193 e. The summed E-state index contributed by atoms with van der Waals surface area (Å²) in [7, 11) is 1.69. The summed E-state index contributed by atoms with van der Waals surface area (Å²) in [5.74, 6) is 1.84. The van der Waals surface area contributed by atoms with Crippen molar-refractivity contribution in [1.82, 2.24) is 10.2 Å². The van der Waals surface area contributed by atoms with Crippen LogP contribution in [-0.2, 0) is 15.9 Å². The van der Waals surface area contributed by atoms with E-state index in [0.717, 1.165) is 51.1 Å². The van der Waals surface area contributed by atoms with Gasteiger partial charge in [0.2, 0.25) is 0 Å². The Bertz CT molecular complexity index is 505. The van der Waals surface area contributed by atoms with Gasteiger partial charge in [-0.05, 0) is 44.1 Å². The molecular weight excluding hydrogens is 453 g/mol. The van der Waals surface area contributed by atoms with Gasteiger partial charge < -0.3 is 19.7 Å². The third-order valence-corrected chi connectivity index (χ3v) is 4.76. The fourth-order valence-corrected chi connectivity index (χ4v) is 3.32. The highest BCUT2D eigenvalue weighted by Crippen LogP contribution is 2.21. The molecule has 0 radical (unpaired) electrons. The maximum atomic E-state index is 5.50. The van der Waals surface area contributed by atoms with Crippen molar-refractivity contribution in [1.29, 1.82) is 0 Å². The Morgan fingerprint density at radius 1 is 1.15 bits per heavy atom. The van der Waals surface area contributed by atoms with Crippen molar-refractivity contribution in [3.8, 4) is 0 Å². The molecule has 0 saturated carbocycles. The Morgan fingerprint density at radius 3 is 2.56 bits per heavy atom. The Kier molecular flexibility index (Phi) is 13.5. The molecule has 27 heavy (non-hydrogen) atoms. The van der Waals surface area contributed by atoms with E-state index in [9.17, 15) is 0 Å². The van der Waals surface area contributed by atoms with Crippen LogP contribution in [0.4, 0.5) is 0 Å². The number of rotatable bonds is 10. The summed E-state index contributed by atoms with van der Waals surface area (Å²) in [6.07, 6.45) is 4.61. The molecule has 0 spiro atoms. The Balaban J connectivity index is 0.00000364. The summed E-state index contributed by atoms with van der Waals surface area (Å²) in [6, 6.07) is 10.9. The van der Waals surface area contributed by atoms with Crippen molar-refractivity contribution in [2.75, 3.05) is 53.1 Å². The number of methoxy groups -OCH3 is 1. The highest BCUT2D eigenvalue weighted by molar-refractivity contribution is 14.0. The molecule has 1 aromatic carbocycles. The predicted octanol–water partition coefficient (Wildman–Crippen LogP) is 3.58. The normalized spacial score (nSPS) is 15.5.